The molecule has 0 fully saturated rings. The molecule has 1 aromatic carbocycles. The minimum Gasteiger partial charge on any atom is -0.354 e. The van der Waals surface area contributed by atoms with Gasteiger partial charge in [-0.15, -0.1) is 4.40 Å². The molecule has 11 heteroatoms. The van der Waals surface area contributed by atoms with Gasteiger partial charge in [0.25, 0.3) is 10.0 Å². The van der Waals surface area contributed by atoms with Gasteiger partial charge in [-0.2, -0.15) is 13.5 Å². The van der Waals surface area contributed by atoms with Crippen LogP contribution >= 0.6 is 0 Å². The Morgan fingerprint density at radius 1 is 1.27 bits per heavy atom. The zero-order valence-electron chi connectivity index (χ0n) is 16.7. The maximum atomic E-state index is 12.3. The molecule has 0 atom stereocenters. The van der Waals surface area contributed by atoms with Crippen molar-refractivity contribution in [2.24, 2.45) is 4.40 Å². The number of amides is 1. The second-order valence-electron chi connectivity index (χ2n) is 7.48. The standard InChI is InChI=1S/C19H24N6O4S/c1-23(18-14-7-2-3-8-15(14)30(28,29)22-18)13-17(26)20-10-6-12-25-19(27)24-11-5-4-9-16(24)21-25/h2-3,7-8H,4-6,9-13H2,1H3,(H,20,26). The number of aryl methyl sites for hydroxylation is 2. The van der Waals surface area contributed by atoms with Crippen molar-refractivity contribution in [3.8, 4) is 0 Å². The first-order valence-electron chi connectivity index (χ1n) is 9.95. The van der Waals surface area contributed by atoms with E-state index >= 15 is 0 Å². The summed E-state index contributed by atoms with van der Waals surface area (Å²) in [6.07, 6.45) is 3.45. The molecular formula is C19H24N6O4S. The number of sulfonamides is 1. The summed E-state index contributed by atoms with van der Waals surface area (Å²) in [7, 11) is -2.09. The van der Waals surface area contributed by atoms with Crippen LogP contribution in [-0.2, 0) is 34.3 Å². The van der Waals surface area contributed by atoms with Gasteiger partial charge < -0.3 is 10.2 Å². The zero-order chi connectivity index (χ0) is 21.3. The number of fused-ring (bicyclic) bond motifs is 2. The Labute approximate surface area is 174 Å². The third kappa shape index (κ3) is 3.89. The van der Waals surface area contributed by atoms with Gasteiger partial charge in [-0.3, -0.25) is 9.36 Å². The van der Waals surface area contributed by atoms with Crippen LogP contribution in [-0.4, -0.2) is 59.5 Å². The van der Waals surface area contributed by atoms with Crippen molar-refractivity contribution in [1.29, 1.82) is 0 Å². The lowest BCUT2D eigenvalue weighted by molar-refractivity contribution is -0.121. The maximum absolute atomic E-state index is 12.3. The van der Waals surface area contributed by atoms with Crippen molar-refractivity contribution in [3.63, 3.8) is 0 Å². The molecule has 0 unspecified atom stereocenters. The van der Waals surface area contributed by atoms with Crippen LogP contribution in [0.3, 0.4) is 0 Å². The van der Waals surface area contributed by atoms with E-state index in [2.05, 4.69) is 14.8 Å². The Kier molecular flexibility index (Phi) is 5.46. The third-order valence-electron chi connectivity index (χ3n) is 5.26. The van der Waals surface area contributed by atoms with Crippen LogP contribution in [0.1, 0.15) is 30.7 Å². The molecule has 0 radical (unpaired) electrons. The van der Waals surface area contributed by atoms with Gasteiger partial charge in [0.2, 0.25) is 5.91 Å². The van der Waals surface area contributed by atoms with E-state index in [-0.39, 0.29) is 28.9 Å². The summed E-state index contributed by atoms with van der Waals surface area (Å²) >= 11 is 0. The summed E-state index contributed by atoms with van der Waals surface area (Å²) in [5, 5.41) is 7.17. The van der Waals surface area contributed by atoms with Crippen molar-refractivity contribution in [1.82, 2.24) is 24.6 Å². The predicted molar refractivity (Wildman–Crippen MR) is 110 cm³/mol. The molecule has 0 saturated heterocycles. The van der Waals surface area contributed by atoms with Crippen LogP contribution < -0.4 is 11.0 Å². The number of hydrogen-bond acceptors (Lipinski definition) is 6. The molecule has 2 aliphatic rings. The number of benzene rings is 1. The van der Waals surface area contributed by atoms with Gasteiger partial charge in [0.1, 0.15) is 10.7 Å². The van der Waals surface area contributed by atoms with E-state index in [1.54, 1.807) is 29.8 Å². The highest BCUT2D eigenvalue weighted by Gasteiger charge is 2.30. The van der Waals surface area contributed by atoms with Crippen molar-refractivity contribution < 1.29 is 13.2 Å². The average Bonchev–Trinajstić information content (AvgIpc) is 3.20. The highest BCUT2D eigenvalue weighted by molar-refractivity contribution is 7.90. The van der Waals surface area contributed by atoms with Crippen LogP contribution in [0.25, 0.3) is 0 Å². The Morgan fingerprint density at radius 3 is 2.87 bits per heavy atom. The first kappa shape index (κ1) is 20.3. The Bertz CT molecular complexity index is 1160. The molecule has 10 nitrogen and oxygen atoms in total. The summed E-state index contributed by atoms with van der Waals surface area (Å²) in [4.78, 5) is 26.2. The molecule has 2 aliphatic heterocycles. The second kappa shape index (κ2) is 8.05. The van der Waals surface area contributed by atoms with Gasteiger partial charge in [0.15, 0.2) is 5.84 Å². The second-order valence-corrected chi connectivity index (χ2v) is 9.05. The fourth-order valence-electron chi connectivity index (χ4n) is 3.76. The molecule has 30 heavy (non-hydrogen) atoms. The molecule has 0 bridgehead atoms. The lowest BCUT2D eigenvalue weighted by atomic mass is 10.2. The first-order chi connectivity index (χ1) is 14.4. The van der Waals surface area contributed by atoms with Gasteiger partial charge in [-0.05, 0) is 31.4 Å². The van der Waals surface area contributed by atoms with Crippen LogP contribution in [0.5, 0.6) is 0 Å². The molecule has 4 rings (SSSR count). The van der Waals surface area contributed by atoms with Gasteiger partial charge in [0.05, 0.1) is 6.54 Å². The molecular weight excluding hydrogens is 408 g/mol. The van der Waals surface area contributed by atoms with E-state index in [4.69, 9.17) is 0 Å². The quantitative estimate of drug-likeness (QED) is 0.641. The Balaban J connectivity index is 1.29. The van der Waals surface area contributed by atoms with Gasteiger partial charge in [-0.25, -0.2) is 9.48 Å². The van der Waals surface area contributed by atoms with E-state index in [1.807, 2.05) is 0 Å². The Hall–Kier alpha value is -2.95. The Morgan fingerprint density at radius 2 is 2.07 bits per heavy atom. The molecule has 160 valence electrons. The predicted octanol–water partition coefficient (Wildman–Crippen LogP) is -0.0317. The number of carbonyl (C=O) groups excluding carboxylic acids is 1. The van der Waals surface area contributed by atoms with Crippen molar-refractivity contribution >= 4 is 21.8 Å². The van der Waals surface area contributed by atoms with Crippen LogP contribution in [0.4, 0.5) is 0 Å². The van der Waals surface area contributed by atoms with Gasteiger partial charge in [0, 0.05) is 38.7 Å². The fourth-order valence-corrected chi connectivity index (χ4v) is 5.01. The molecule has 0 aliphatic carbocycles. The molecule has 0 spiro atoms. The van der Waals surface area contributed by atoms with Gasteiger partial charge in [-0.1, -0.05) is 12.1 Å². The highest BCUT2D eigenvalue weighted by atomic mass is 32.2. The minimum absolute atomic E-state index is 0.0264. The molecule has 1 aromatic heterocycles. The minimum atomic E-state index is -3.72. The largest absolute Gasteiger partial charge is 0.354 e. The number of carbonyl (C=O) groups is 1. The van der Waals surface area contributed by atoms with Crippen LogP contribution in [0.2, 0.25) is 0 Å². The summed E-state index contributed by atoms with van der Waals surface area (Å²) in [6, 6.07) is 6.56. The summed E-state index contributed by atoms with van der Waals surface area (Å²) in [5.41, 5.74) is 0.408. The number of rotatable bonds is 6. The van der Waals surface area contributed by atoms with Crippen molar-refractivity contribution in [2.45, 2.75) is 43.7 Å². The van der Waals surface area contributed by atoms with Crippen LogP contribution in [0.15, 0.2) is 38.4 Å². The summed E-state index contributed by atoms with van der Waals surface area (Å²) in [6.45, 7) is 1.53. The van der Waals surface area contributed by atoms with E-state index in [9.17, 15) is 18.0 Å². The first-order valence-corrected chi connectivity index (χ1v) is 11.4. The maximum Gasteiger partial charge on any atom is 0.345 e. The van der Waals surface area contributed by atoms with Crippen LogP contribution in [0, 0.1) is 0 Å². The van der Waals surface area contributed by atoms with E-state index in [0.29, 0.717) is 25.1 Å². The fraction of sp³-hybridized carbons (Fsp3) is 0.474. The number of nitrogens with one attached hydrogen (secondary N) is 1. The summed E-state index contributed by atoms with van der Waals surface area (Å²) < 4.78 is 31.3. The number of amidine groups is 1. The topological polar surface area (TPSA) is 119 Å². The van der Waals surface area contributed by atoms with E-state index < -0.39 is 10.0 Å². The molecule has 1 amide bonds. The van der Waals surface area contributed by atoms with E-state index in [1.165, 1.54) is 15.6 Å². The van der Waals surface area contributed by atoms with Gasteiger partial charge >= 0.3 is 5.69 Å². The van der Waals surface area contributed by atoms with Crippen molar-refractivity contribution in [2.75, 3.05) is 20.1 Å². The lowest BCUT2D eigenvalue weighted by Crippen LogP contribution is -2.39. The normalized spacial score (nSPS) is 16.5. The number of aromatic nitrogens is 3. The molecule has 3 heterocycles. The zero-order valence-corrected chi connectivity index (χ0v) is 17.6. The average molecular weight is 433 g/mol. The number of hydrogen-bond donors (Lipinski definition) is 1. The lowest BCUT2D eigenvalue weighted by Gasteiger charge is -2.18. The smallest absolute Gasteiger partial charge is 0.345 e. The highest BCUT2D eigenvalue weighted by Crippen LogP contribution is 2.26. The number of likely N-dealkylation sites (N-methyl/N-ethyl adjacent to an activating group) is 1. The molecule has 2 aromatic rings. The molecule has 0 saturated carbocycles. The third-order valence-corrected chi connectivity index (χ3v) is 6.58. The summed E-state index contributed by atoms with van der Waals surface area (Å²) in [5.74, 6) is 0.846. The number of nitrogens with zero attached hydrogens (tertiary/aromatic N) is 5. The SMILES string of the molecule is CN(CC(=O)NCCCn1nc2n(c1=O)CCCC2)C1=NS(=O)(=O)c2ccccc21. The molecule has 1 N–H and O–H groups in total. The monoisotopic (exact) mass is 432 g/mol. The van der Waals surface area contributed by atoms with E-state index in [0.717, 1.165) is 31.6 Å². The van der Waals surface area contributed by atoms with Crippen molar-refractivity contribution in [3.05, 3.63) is 46.1 Å².